The Morgan fingerprint density at radius 2 is 1.52 bits per heavy atom. The first-order chi connectivity index (χ1) is 27.4. The van der Waals surface area contributed by atoms with Gasteiger partial charge in [0.25, 0.3) is 5.91 Å². The van der Waals surface area contributed by atoms with E-state index in [-0.39, 0.29) is 19.1 Å². The number of carbonyl (C=O) groups excluding carboxylic acids is 2. The number of ether oxygens (including phenoxy) is 7. The molecule has 5 atom stereocenters. The van der Waals surface area contributed by atoms with E-state index < -0.39 is 36.4 Å². The van der Waals surface area contributed by atoms with Crippen LogP contribution in [0.5, 0.6) is 0 Å². The average Bonchev–Trinajstić information content (AvgIpc) is 3.84. The first-order valence-electron chi connectivity index (χ1n) is 19.1. The quantitative estimate of drug-likeness (QED) is 0.122. The van der Waals surface area contributed by atoms with Crippen LogP contribution in [0.25, 0.3) is 43.6 Å². The minimum Gasteiger partial charge on any atom is -0.445 e. The largest absolute Gasteiger partial charge is 0.445 e. The van der Waals surface area contributed by atoms with Crippen LogP contribution < -0.4 is 5.32 Å². The van der Waals surface area contributed by atoms with Crippen molar-refractivity contribution >= 4 is 55.6 Å². The van der Waals surface area contributed by atoms with Crippen LogP contribution in [0, 0.1) is 0 Å². The monoisotopic (exact) mass is 762 g/mol. The van der Waals surface area contributed by atoms with Crippen LogP contribution >= 0.6 is 0 Å². The summed E-state index contributed by atoms with van der Waals surface area (Å²) in [5, 5.41) is 6.78. The van der Waals surface area contributed by atoms with Gasteiger partial charge in [0.2, 0.25) is 0 Å². The van der Waals surface area contributed by atoms with Crippen LogP contribution in [-0.2, 0) is 45.5 Å². The number of benzene rings is 4. The van der Waals surface area contributed by atoms with Gasteiger partial charge in [0.1, 0.15) is 18.9 Å². The van der Waals surface area contributed by atoms with E-state index in [9.17, 15) is 9.59 Å². The molecule has 292 valence electrons. The second-order valence-electron chi connectivity index (χ2n) is 14.7. The molecule has 2 amide bonds. The Morgan fingerprint density at radius 1 is 0.857 bits per heavy atom. The summed E-state index contributed by atoms with van der Waals surface area (Å²) < 4.78 is 46.8. The van der Waals surface area contributed by atoms with Crippen molar-refractivity contribution in [1.82, 2.24) is 19.4 Å². The molecule has 1 fully saturated rings. The van der Waals surface area contributed by atoms with Gasteiger partial charge in [-0.05, 0) is 24.6 Å². The van der Waals surface area contributed by atoms with Crippen molar-refractivity contribution in [2.24, 2.45) is 0 Å². The number of fused-ring (bicyclic) bond motifs is 13. The highest BCUT2D eigenvalue weighted by molar-refractivity contribution is 6.31. The standard InChI is InChI=1S/C43H46N4O9/c1-43-39(51-4)31(45(2)42(49)55-25-26-12-6-5-7-13-26)24-32(56-43)46-29-16-10-8-14-27(29)33-35-36(34-28-15-9-11-17-30(28)47(43)38(34)37(33)46)41(44-40(35)48)54-23-22-53-21-20-52-19-18-50-3/h5-17,31-32,39,41H,18-25H2,1-4H3,(H,44,48)/t31-,32-,39-,41+,43+/m1/s1. The number of nitrogens with one attached hydrogen (secondary N) is 1. The normalized spacial score (nSPS) is 22.6. The number of aromatic nitrogens is 2. The van der Waals surface area contributed by atoms with E-state index in [1.165, 1.54) is 0 Å². The van der Waals surface area contributed by atoms with Crippen LogP contribution in [0.4, 0.5) is 4.79 Å². The Bertz CT molecular complexity index is 2440. The molecule has 0 unspecified atom stereocenters. The van der Waals surface area contributed by atoms with E-state index in [1.54, 1.807) is 26.2 Å². The van der Waals surface area contributed by atoms with Crippen molar-refractivity contribution in [2.45, 2.75) is 50.3 Å². The Balaban J connectivity index is 1.18. The summed E-state index contributed by atoms with van der Waals surface area (Å²) in [7, 11) is 5.07. The summed E-state index contributed by atoms with van der Waals surface area (Å²) in [6, 6.07) is 25.5. The maximum absolute atomic E-state index is 14.3. The molecule has 6 aromatic rings. The lowest BCUT2D eigenvalue weighted by Gasteiger charge is -2.50. The summed E-state index contributed by atoms with van der Waals surface area (Å²) >= 11 is 0. The average molecular weight is 763 g/mol. The molecular formula is C43H46N4O9. The lowest BCUT2D eigenvalue weighted by molar-refractivity contribution is -0.265. The van der Waals surface area contributed by atoms with Crippen molar-refractivity contribution in [3.05, 3.63) is 95.6 Å². The van der Waals surface area contributed by atoms with Gasteiger partial charge in [0.15, 0.2) is 12.0 Å². The van der Waals surface area contributed by atoms with E-state index in [0.29, 0.717) is 45.0 Å². The summed E-state index contributed by atoms with van der Waals surface area (Å²) in [5.41, 5.74) is 4.78. The fourth-order valence-corrected chi connectivity index (χ4v) is 9.19. The summed E-state index contributed by atoms with van der Waals surface area (Å²) in [5.74, 6) is -0.202. The van der Waals surface area contributed by atoms with Crippen molar-refractivity contribution < 1.29 is 42.7 Å². The van der Waals surface area contributed by atoms with Crippen LogP contribution in [0.2, 0.25) is 0 Å². The van der Waals surface area contributed by atoms with E-state index in [0.717, 1.165) is 54.7 Å². The Morgan fingerprint density at radius 3 is 2.25 bits per heavy atom. The Labute approximate surface area is 323 Å². The van der Waals surface area contributed by atoms with Gasteiger partial charge in [0, 0.05) is 54.8 Å². The molecule has 13 heteroatoms. The van der Waals surface area contributed by atoms with E-state index >= 15 is 0 Å². The van der Waals surface area contributed by atoms with Crippen LogP contribution in [0.3, 0.4) is 0 Å². The highest BCUT2D eigenvalue weighted by Crippen LogP contribution is 2.55. The number of hydrogen-bond donors (Lipinski definition) is 1. The second kappa shape index (κ2) is 14.8. The molecular weight excluding hydrogens is 716 g/mol. The number of carbonyl (C=O) groups is 2. The predicted octanol–water partition coefficient (Wildman–Crippen LogP) is 6.60. The molecule has 0 aliphatic carbocycles. The van der Waals surface area contributed by atoms with Crippen molar-refractivity contribution in [1.29, 1.82) is 0 Å². The zero-order valence-electron chi connectivity index (χ0n) is 32.0. The fraction of sp³-hybridized carbons (Fsp3) is 0.395. The summed E-state index contributed by atoms with van der Waals surface area (Å²) in [6.45, 7) is 4.67. The van der Waals surface area contributed by atoms with Gasteiger partial charge in [-0.3, -0.25) is 4.79 Å². The highest BCUT2D eigenvalue weighted by atomic mass is 16.6. The van der Waals surface area contributed by atoms with Crippen LogP contribution in [0.1, 0.15) is 47.3 Å². The van der Waals surface area contributed by atoms with E-state index in [2.05, 4.69) is 38.7 Å². The number of rotatable bonds is 14. The third kappa shape index (κ3) is 5.75. The molecule has 1 saturated heterocycles. The number of hydrogen-bond acceptors (Lipinski definition) is 9. The molecule has 1 N–H and O–H groups in total. The molecule has 5 heterocycles. The Hall–Kier alpha value is -5.02. The summed E-state index contributed by atoms with van der Waals surface area (Å²) in [4.78, 5) is 29.8. The Kier molecular flexibility index (Phi) is 9.68. The van der Waals surface area contributed by atoms with Crippen molar-refractivity contribution in [3.63, 3.8) is 0 Å². The molecule has 0 spiro atoms. The number of amides is 2. The van der Waals surface area contributed by atoms with Crippen LogP contribution in [-0.4, -0.2) is 99.1 Å². The lowest BCUT2D eigenvalue weighted by atomic mass is 9.92. The number of methoxy groups -OCH3 is 2. The fourth-order valence-electron chi connectivity index (χ4n) is 9.19. The van der Waals surface area contributed by atoms with Gasteiger partial charge in [0.05, 0.1) is 73.3 Å². The molecule has 3 aliphatic heterocycles. The molecule has 2 bridgehead atoms. The van der Waals surface area contributed by atoms with Gasteiger partial charge >= 0.3 is 6.09 Å². The van der Waals surface area contributed by atoms with E-state index in [4.69, 9.17) is 33.2 Å². The maximum atomic E-state index is 14.3. The van der Waals surface area contributed by atoms with Crippen molar-refractivity contribution in [2.75, 3.05) is 60.9 Å². The van der Waals surface area contributed by atoms with Gasteiger partial charge in [-0.2, -0.15) is 0 Å². The molecule has 56 heavy (non-hydrogen) atoms. The van der Waals surface area contributed by atoms with Gasteiger partial charge in [-0.15, -0.1) is 0 Å². The number of para-hydroxylation sites is 2. The SMILES string of the molecule is COCCOCCOCCO[C@@H]1NC(=O)c2c1c1c3ccccc3n3c1c1c2c2ccccc2n1[C@H]1C[C@@H](N(C)C(=O)OCc2ccccc2)[C@@H](OC)[C@]3(C)O1. The highest BCUT2D eigenvalue weighted by Gasteiger charge is 2.55. The van der Waals surface area contributed by atoms with E-state index in [1.807, 2.05) is 61.5 Å². The molecule has 0 radical (unpaired) electrons. The minimum atomic E-state index is -1.12. The third-order valence-corrected chi connectivity index (χ3v) is 11.5. The zero-order valence-corrected chi connectivity index (χ0v) is 32.0. The first kappa shape index (κ1) is 36.6. The topological polar surface area (TPSA) is 124 Å². The lowest BCUT2D eigenvalue weighted by Crippen LogP contribution is -2.61. The maximum Gasteiger partial charge on any atom is 0.410 e. The molecule has 3 aliphatic rings. The van der Waals surface area contributed by atoms with Gasteiger partial charge < -0.3 is 52.5 Å². The van der Waals surface area contributed by atoms with Crippen molar-refractivity contribution in [3.8, 4) is 0 Å². The van der Waals surface area contributed by atoms with Gasteiger partial charge in [-0.1, -0.05) is 66.7 Å². The molecule has 9 rings (SSSR count). The molecule has 2 aromatic heterocycles. The van der Waals surface area contributed by atoms with Crippen LogP contribution in [0.15, 0.2) is 78.9 Å². The first-order valence-corrected chi connectivity index (χ1v) is 19.1. The summed E-state index contributed by atoms with van der Waals surface area (Å²) in [6.07, 6.45) is -1.92. The minimum absolute atomic E-state index is 0.148. The zero-order chi connectivity index (χ0) is 38.6. The molecule has 4 aromatic carbocycles. The number of nitrogens with zero attached hydrogens (tertiary/aromatic N) is 3. The number of likely N-dealkylation sites (N-methyl/N-ethyl adjacent to an activating group) is 1. The third-order valence-electron chi connectivity index (χ3n) is 11.5. The van der Waals surface area contributed by atoms with Gasteiger partial charge in [-0.25, -0.2) is 4.79 Å². The second-order valence-corrected chi connectivity index (χ2v) is 14.7. The molecule has 0 saturated carbocycles. The molecule has 13 nitrogen and oxygen atoms in total. The predicted molar refractivity (Wildman–Crippen MR) is 209 cm³/mol. The smallest absolute Gasteiger partial charge is 0.410 e.